The van der Waals surface area contributed by atoms with Gasteiger partial charge in [-0.25, -0.2) is 10.0 Å². The van der Waals surface area contributed by atoms with Gasteiger partial charge in [0.2, 0.25) is 17.7 Å². The summed E-state index contributed by atoms with van der Waals surface area (Å²) in [5, 5.41) is 60.5. The number of aliphatic imine (C=N–C) groups is 1. The van der Waals surface area contributed by atoms with Gasteiger partial charge in [0.15, 0.2) is 18.1 Å². The molecule has 282 valence electrons. The molecule has 4 amide bonds. The number of aliphatic hydroxyl groups is 1. The lowest BCUT2D eigenvalue weighted by Gasteiger charge is -2.33. The molecule has 2 rings (SSSR count). The van der Waals surface area contributed by atoms with E-state index in [-0.39, 0.29) is 36.9 Å². The lowest BCUT2D eigenvalue weighted by Crippen LogP contribution is -2.55. The zero-order valence-electron chi connectivity index (χ0n) is 28.5. The van der Waals surface area contributed by atoms with Crippen molar-refractivity contribution < 1.29 is 58.8 Å². The summed E-state index contributed by atoms with van der Waals surface area (Å²) in [6, 6.07) is 1.29. The summed E-state index contributed by atoms with van der Waals surface area (Å²) in [6.07, 6.45) is -0.727. The largest absolute Gasteiger partial charge is 0.714 e. The SMILES string of the molecule is CC1(C)N(O)C(c2ccc(OCC(=O)N[C@@H](CCCN=C(N)N)C(=O)NCC(=O)N[C@@H](CC(=O)O)C(=O)N[C@@H](CO)C(=O)O)cc2)=[N+]([O-])C1(C)C. The number of hydroxylamine groups is 3. The van der Waals surface area contributed by atoms with E-state index in [1.807, 2.05) is 5.32 Å². The van der Waals surface area contributed by atoms with E-state index in [0.717, 1.165) is 9.80 Å². The second-order valence-corrected chi connectivity index (χ2v) is 12.4. The molecule has 0 saturated carbocycles. The molecule has 1 aromatic carbocycles. The number of nitrogens with zero attached hydrogens (tertiary/aromatic N) is 3. The van der Waals surface area contributed by atoms with Crippen molar-refractivity contribution in [1.29, 1.82) is 0 Å². The number of carbonyl (C=O) groups excluding carboxylic acids is 4. The van der Waals surface area contributed by atoms with Gasteiger partial charge in [0, 0.05) is 6.54 Å². The molecule has 1 heterocycles. The molecule has 21 heteroatoms. The Bertz CT molecular complexity index is 1520. The van der Waals surface area contributed by atoms with E-state index in [1.54, 1.807) is 27.7 Å². The van der Waals surface area contributed by atoms with Crippen LogP contribution in [0.1, 0.15) is 52.5 Å². The number of nitrogens with two attached hydrogens (primary N) is 2. The van der Waals surface area contributed by atoms with E-state index in [9.17, 15) is 39.2 Å². The van der Waals surface area contributed by atoms with Crippen LogP contribution in [-0.2, 0) is 28.8 Å². The number of rotatable bonds is 19. The summed E-state index contributed by atoms with van der Waals surface area (Å²) in [5.41, 5.74) is 9.19. The third kappa shape index (κ3) is 11.2. The van der Waals surface area contributed by atoms with Gasteiger partial charge in [0.05, 0.1) is 25.1 Å². The molecule has 0 saturated heterocycles. The Morgan fingerprint density at radius 2 is 1.55 bits per heavy atom. The van der Waals surface area contributed by atoms with Gasteiger partial charge in [0.1, 0.15) is 29.4 Å². The lowest BCUT2D eigenvalue weighted by atomic mass is 9.84. The Morgan fingerprint density at radius 1 is 0.941 bits per heavy atom. The average Bonchev–Trinajstić information content (AvgIpc) is 3.17. The van der Waals surface area contributed by atoms with Crippen molar-refractivity contribution in [2.24, 2.45) is 16.5 Å². The normalized spacial score (nSPS) is 16.2. The summed E-state index contributed by atoms with van der Waals surface area (Å²) in [5.74, 6) is -6.84. The number of carboxylic acids is 2. The minimum Gasteiger partial charge on any atom is -0.714 e. The smallest absolute Gasteiger partial charge is 0.328 e. The number of carboxylic acid groups (broad SMARTS) is 2. The fourth-order valence-corrected chi connectivity index (χ4v) is 4.60. The Kier molecular flexibility index (Phi) is 14.5. The molecule has 0 aliphatic carbocycles. The van der Waals surface area contributed by atoms with Gasteiger partial charge >= 0.3 is 17.8 Å². The van der Waals surface area contributed by atoms with Crippen molar-refractivity contribution in [2.45, 2.75) is 76.2 Å². The fourth-order valence-electron chi connectivity index (χ4n) is 4.60. The first-order valence-corrected chi connectivity index (χ1v) is 15.6. The first-order chi connectivity index (χ1) is 23.7. The number of hydrogen-bond donors (Lipinski definition) is 10. The van der Waals surface area contributed by atoms with Gasteiger partial charge in [-0.3, -0.25) is 33.7 Å². The Hall–Kier alpha value is -5.70. The molecule has 51 heavy (non-hydrogen) atoms. The summed E-state index contributed by atoms with van der Waals surface area (Å²) in [4.78, 5) is 76.8. The first kappa shape index (κ1) is 41.5. The predicted octanol–water partition coefficient (Wildman–Crippen LogP) is -3.24. The molecule has 3 atom stereocenters. The van der Waals surface area contributed by atoms with E-state index < -0.39 is 91.0 Å². The number of benzene rings is 1. The monoisotopic (exact) mass is 723 g/mol. The Morgan fingerprint density at radius 3 is 2.06 bits per heavy atom. The topological polar surface area (TPSA) is 334 Å². The van der Waals surface area contributed by atoms with Gasteiger partial charge in [-0.1, -0.05) is 0 Å². The maximum Gasteiger partial charge on any atom is 0.328 e. The minimum atomic E-state index is -1.76. The van der Waals surface area contributed by atoms with Gasteiger partial charge in [0.25, 0.3) is 5.91 Å². The number of aliphatic hydroxyl groups excluding tert-OH is 1. The molecule has 0 unspecified atom stereocenters. The number of aliphatic carboxylic acids is 2. The van der Waals surface area contributed by atoms with Crippen LogP contribution in [0.25, 0.3) is 0 Å². The lowest BCUT2D eigenvalue weighted by molar-refractivity contribution is -0.539. The maximum atomic E-state index is 13.0. The van der Waals surface area contributed by atoms with E-state index in [4.69, 9.17) is 31.5 Å². The molecular weight excluding hydrogens is 678 g/mol. The number of hydrogen-bond acceptors (Lipinski definition) is 12. The van der Waals surface area contributed by atoms with Crippen LogP contribution >= 0.6 is 0 Å². The van der Waals surface area contributed by atoms with Crippen molar-refractivity contribution in [2.75, 3.05) is 26.3 Å². The summed E-state index contributed by atoms with van der Waals surface area (Å²) in [6.45, 7) is 4.64. The number of guanidine groups is 1. The predicted molar refractivity (Wildman–Crippen MR) is 177 cm³/mol. The van der Waals surface area contributed by atoms with Gasteiger partial charge in [-0.05, 0) is 64.8 Å². The maximum absolute atomic E-state index is 13.0. The number of carbonyl (C=O) groups is 6. The third-order valence-corrected chi connectivity index (χ3v) is 8.26. The number of amidine groups is 1. The molecule has 0 radical (unpaired) electrons. The van der Waals surface area contributed by atoms with E-state index >= 15 is 0 Å². The summed E-state index contributed by atoms with van der Waals surface area (Å²) in [7, 11) is 0. The molecule has 1 aromatic rings. The third-order valence-electron chi connectivity index (χ3n) is 8.26. The van der Waals surface area contributed by atoms with Crippen LogP contribution in [-0.4, -0.2) is 133 Å². The molecule has 12 N–H and O–H groups in total. The first-order valence-electron chi connectivity index (χ1n) is 15.6. The zero-order valence-corrected chi connectivity index (χ0v) is 28.5. The van der Waals surface area contributed by atoms with E-state index in [0.29, 0.717) is 5.56 Å². The van der Waals surface area contributed by atoms with Crippen molar-refractivity contribution in [3.63, 3.8) is 0 Å². The average molecular weight is 724 g/mol. The van der Waals surface area contributed by atoms with Crippen LogP contribution in [0.2, 0.25) is 0 Å². The fraction of sp³-hybridized carbons (Fsp3) is 0.533. The van der Waals surface area contributed by atoms with Crippen LogP contribution < -0.4 is 37.5 Å². The Labute approximate surface area is 292 Å². The molecule has 0 fully saturated rings. The Balaban J connectivity index is 2.05. The van der Waals surface area contributed by atoms with Crippen molar-refractivity contribution in [3.8, 4) is 5.75 Å². The second kappa shape index (κ2) is 17.8. The van der Waals surface area contributed by atoms with Crippen LogP contribution in [0.3, 0.4) is 0 Å². The number of ether oxygens (including phenoxy) is 1. The molecule has 0 aromatic heterocycles. The van der Waals surface area contributed by atoms with Crippen molar-refractivity contribution in [1.82, 2.24) is 26.3 Å². The minimum absolute atomic E-state index is 0.00111. The highest BCUT2D eigenvalue weighted by Gasteiger charge is 2.58. The van der Waals surface area contributed by atoms with Gasteiger partial charge in [-0.15, -0.1) is 5.06 Å². The van der Waals surface area contributed by atoms with Crippen molar-refractivity contribution >= 4 is 47.4 Å². The van der Waals surface area contributed by atoms with E-state index in [2.05, 4.69) is 20.9 Å². The molecule has 21 nitrogen and oxygen atoms in total. The van der Waals surface area contributed by atoms with Crippen LogP contribution in [0.5, 0.6) is 5.75 Å². The molecule has 1 aliphatic heterocycles. The molecular formula is C30H45N9O12. The van der Waals surface area contributed by atoms with Gasteiger partial charge < -0.3 is 58.0 Å². The van der Waals surface area contributed by atoms with Crippen LogP contribution in [0.15, 0.2) is 29.3 Å². The summed E-state index contributed by atoms with van der Waals surface area (Å²) >= 11 is 0. The molecule has 0 bridgehead atoms. The molecule has 1 aliphatic rings. The summed E-state index contributed by atoms with van der Waals surface area (Å²) < 4.78 is 6.25. The van der Waals surface area contributed by atoms with Crippen LogP contribution in [0.4, 0.5) is 0 Å². The van der Waals surface area contributed by atoms with Gasteiger partial charge in [-0.2, -0.15) is 0 Å². The zero-order chi connectivity index (χ0) is 38.7. The number of nitrogens with one attached hydrogen (secondary N) is 4. The highest BCUT2D eigenvalue weighted by molar-refractivity contribution is 5.96. The highest BCUT2D eigenvalue weighted by Crippen LogP contribution is 2.37. The van der Waals surface area contributed by atoms with E-state index in [1.165, 1.54) is 24.3 Å². The standard InChI is InChI=1S/C30H45N9O12/c1-29(2)30(3,4)39(50)26(38(29)49)16-7-9-17(10-8-16)51-15-22(42)35-18(6-5-11-33-28(31)32)24(45)34-13-21(41)36-19(12-23(43)44)25(46)37-20(14-40)27(47)48/h7-10,18-20,40,49H,5-6,11-15H2,1-4H3,(H,34,45)(H,35,42)(H,36,41)(H,37,46)(H,43,44)(H,47,48)(H4,31,32,33)/t18-,19-,20-/m0/s1. The quantitative estimate of drug-likeness (QED) is 0.0220. The van der Waals surface area contributed by atoms with Crippen molar-refractivity contribution in [3.05, 3.63) is 35.0 Å². The number of amides is 4. The highest BCUT2D eigenvalue weighted by atomic mass is 16.5. The van der Waals surface area contributed by atoms with Crippen LogP contribution in [0, 0.1) is 5.21 Å². The molecule has 0 spiro atoms. The second-order valence-electron chi connectivity index (χ2n) is 12.4.